The number of rotatable bonds is 4. The Hall–Kier alpha value is -3.36. The van der Waals surface area contributed by atoms with Crippen molar-refractivity contribution >= 4 is 0 Å². The number of nitriles is 1. The van der Waals surface area contributed by atoms with Crippen molar-refractivity contribution in [3.05, 3.63) is 94.8 Å². The van der Waals surface area contributed by atoms with Crippen LogP contribution in [0.2, 0.25) is 0 Å². The van der Waals surface area contributed by atoms with E-state index in [2.05, 4.69) is 43.0 Å². The molecule has 0 saturated heterocycles. The minimum atomic E-state index is -0.540. The Balaban J connectivity index is 1.73. The first kappa shape index (κ1) is 18.4. The molecule has 0 spiro atoms. The van der Waals surface area contributed by atoms with Gasteiger partial charge < -0.3 is 0 Å². The van der Waals surface area contributed by atoms with Gasteiger partial charge in [0.05, 0.1) is 5.56 Å². The van der Waals surface area contributed by atoms with Crippen molar-refractivity contribution < 1.29 is 4.39 Å². The summed E-state index contributed by atoms with van der Waals surface area (Å²) in [5.41, 5.74) is 5.15. The predicted octanol–water partition coefficient (Wildman–Crippen LogP) is 6.11. The van der Waals surface area contributed by atoms with E-state index in [1.165, 1.54) is 36.1 Å². The summed E-state index contributed by atoms with van der Waals surface area (Å²) in [4.78, 5) is 0. The maximum atomic E-state index is 13.6. The van der Waals surface area contributed by atoms with E-state index < -0.39 is 5.82 Å². The van der Waals surface area contributed by atoms with Crippen LogP contribution in [0, 0.1) is 29.0 Å². The van der Waals surface area contributed by atoms with E-state index in [0.29, 0.717) is 5.56 Å². The standard InChI is InChI=1S/C25H20FN/c1-2-3-4-19-7-12-22(13-8-19)23-14-9-20(10-15-23)5-6-21-11-16-24(18-27)25(26)17-21/h7-17H,2-4H2,1H3. The van der Waals surface area contributed by atoms with Crippen LogP contribution in [-0.2, 0) is 6.42 Å². The van der Waals surface area contributed by atoms with Gasteiger partial charge in [-0.05, 0) is 59.9 Å². The van der Waals surface area contributed by atoms with Gasteiger partial charge in [0.1, 0.15) is 11.9 Å². The predicted molar refractivity (Wildman–Crippen MR) is 108 cm³/mol. The molecule has 0 saturated carbocycles. The van der Waals surface area contributed by atoms with Gasteiger partial charge in [0.15, 0.2) is 0 Å². The summed E-state index contributed by atoms with van der Waals surface area (Å²) < 4.78 is 13.6. The van der Waals surface area contributed by atoms with Gasteiger partial charge in [-0.3, -0.25) is 0 Å². The summed E-state index contributed by atoms with van der Waals surface area (Å²) in [5.74, 6) is 5.44. The van der Waals surface area contributed by atoms with Crippen molar-refractivity contribution in [2.75, 3.05) is 0 Å². The molecule has 0 bridgehead atoms. The molecule has 0 atom stereocenters. The fourth-order valence-electron chi connectivity index (χ4n) is 2.82. The van der Waals surface area contributed by atoms with Crippen molar-refractivity contribution in [3.8, 4) is 29.0 Å². The Morgan fingerprint density at radius 3 is 2.00 bits per heavy atom. The highest BCUT2D eigenvalue weighted by atomic mass is 19.1. The highest BCUT2D eigenvalue weighted by Crippen LogP contribution is 2.21. The summed E-state index contributed by atoms with van der Waals surface area (Å²) >= 11 is 0. The molecule has 3 aromatic carbocycles. The lowest BCUT2D eigenvalue weighted by atomic mass is 10.0. The van der Waals surface area contributed by atoms with E-state index in [1.54, 1.807) is 6.07 Å². The van der Waals surface area contributed by atoms with Gasteiger partial charge in [-0.2, -0.15) is 5.26 Å². The quantitative estimate of drug-likeness (QED) is 0.519. The van der Waals surface area contributed by atoms with Crippen LogP contribution in [0.5, 0.6) is 0 Å². The number of halogens is 1. The Morgan fingerprint density at radius 2 is 1.41 bits per heavy atom. The normalized spacial score (nSPS) is 9.96. The molecule has 0 heterocycles. The zero-order valence-corrected chi connectivity index (χ0v) is 15.3. The molecule has 27 heavy (non-hydrogen) atoms. The van der Waals surface area contributed by atoms with Gasteiger partial charge in [0, 0.05) is 11.1 Å². The second-order valence-electron chi connectivity index (χ2n) is 6.43. The molecule has 1 nitrogen and oxygen atoms in total. The Labute approximate surface area is 160 Å². The maximum absolute atomic E-state index is 13.6. The summed E-state index contributed by atoms with van der Waals surface area (Å²) in [7, 11) is 0. The van der Waals surface area contributed by atoms with Gasteiger partial charge in [-0.1, -0.05) is 61.6 Å². The SMILES string of the molecule is CCCCc1ccc(-c2ccc(C#Cc3ccc(C#N)c(F)c3)cc2)cc1. The van der Waals surface area contributed by atoms with E-state index in [0.717, 1.165) is 17.5 Å². The van der Waals surface area contributed by atoms with Crippen LogP contribution in [0.3, 0.4) is 0 Å². The lowest BCUT2D eigenvalue weighted by Crippen LogP contribution is -1.86. The number of hydrogen-bond donors (Lipinski definition) is 0. The molecular formula is C25H20FN. The average Bonchev–Trinajstić information content (AvgIpc) is 2.71. The lowest BCUT2D eigenvalue weighted by molar-refractivity contribution is 0.623. The van der Waals surface area contributed by atoms with E-state index in [4.69, 9.17) is 5.26 Å². The van der Waals surface area contributed by atoms with Gasteiger partial charge in [-0.25, -0.2) is 4.39 Å². The lowest BCUT2D eigenvalue weighted by Gasteiger charge is -2.04. The van der Waals surface area contributed by atoms with E-state index in [-0.39, 0.29) is 5.56 Å². The van der Waals surface area contributed by atoms with Gasteiger partial charge in [-0.15, -0.1) is 0 Å². The zero-order chi connectivity index (χ0) is 19.1. The van der Waals surface area contributed by atoms with Crippen molar-refractivity contribution in [1.29, 1.82) is 5.26 Å². The first-order chi connectivity index (χ1) is 13.2. The second-order valence-corrected chi connectivity index (χ2v) is 6.43. The minimum absolute atomic E-state index is 0.0330. The number of unbranched alkanes of at least 4 members (excludes halogenated alkanes) is 1. The van der Waals surface area contributed by atoms with E-state index in [9.17, 15) is 4.39 Å². The van der Waals surface area contributed by atoms with Crippen LogP contribution in [0.15, 0.2) is 66.7 Å². The first-order valence-corrected chi connectivity index (χ1v) is 9.10. The van der Waals surface area contributed by atoms with Crippen LogP contribution < -0.4 is 0 Å². The molecule has 0 unspecified atom stereocenters. The fraction of sp³-hybridized carbons (Fsp3) is 0.160. The summed E-state index contributed by atoms with van der Waals surface area (Å²) in [5, 5.41) is 8.76. The van der Waals surface area contributed by atoms with Crippen molar-refractivity contribution in [2.45, 2.75) is 26.2 Å². The molecule has 0 aliphatic heterocycles. The number of aryl methyl sites for hydroxylation is 1. The number of nitrogens with zero attached hydrogens (tertiary/aromatic N) is 1. The highest BCUT2D eigenvalue weighted by Gasteiger charge is 2.01. The van der Waals surface area contributed by atoms with E-state index in [1.807, 2.05) is 30.3 Å². The van der Waals surface area contributed by atoms with Gasteiger partial charge >= 0.3 is 0 Å². The molecule has 0 amide bonds. The van der Waals surface area contributed by atoms with Crippen molar-refractivity contribution in [3.63, 3.8) is 0 Å². The maximum Gasteiger partial charge on any atom is 0.142 e. The largest absolute Gasteiger partial charge is 0.206 e. The second kappa shape index (κ2) is 8.84. The topological polar surface area (TPSA) is 23.8 Å². The number of benzene rings is 3. The summed E-state index contributed by atoms with van der Waals surface area (Å²) in [6.07, 6.45) is 3.55. The monoisotopic (exact) mass is 353 g/mol. The van der Waals surface area contributed by atoms with Crippen LogP contribution in [0.25, 0.3) is 11.1 Å². The molecule has 0 N–H and O–H groups in total. The Kier molecular flexibility index (Phi) is 6.03. The van der Waals surface area contributed by atoms with Gasteiger partial charge in [0.25, 0.3) is 0 Å². The fourth-order valence-corrected chi connectivity index (χ4v) is 2.82. The molecule has 0 aromatic heterocycles. The van der Waals surface area contributed by atoms with Crippen LogP contribution >= 0.6 is 0 Å². The third-order valence-corrected chi connectivity index (χ3v) is 4.43. The molecule has 0 radical (unpaired) electrons. The Morgan fingerprint density at radius 1 is 0.815 bits per heavy atom. The molecule has 3 rings (SSSR count). The molecular weight excluding hydrogens is 333 g/mol. The smallest absolute Gasteiger partial charge is 0.142 e. The Bertz CT molecular complexity index is 1010. The summed E-state index contributed by atoms with van der Waals surface area (Å²) in [6.45, 7) is 2.21. The van der Waals surface area contributed by atoms with Crippen molar-refractivity contribution in [1.82, 2.24) is 0 Å². The molecule has 0 aliphatic carbocycles. The van der Waals surface area contributed by atoms with Crippen LogP contribution in [0.1, 0.15) is 42.0 Å². The third-order valence-electron chi connectivity index (χ3n) is 4.43. The zero-order valence-electron chi connectivity index (χ0n) is 15.3. The van der Waals surface area contributed by atoms with Gasteiger partial charge in [0.2, 0.25) is 0 Å². The molecule has 3 aromatic rings. The minimum Gasteiger partial charge on any atom is -0.206 e. The third kappa shape index (κ3) is 4.84. The molecule has 132 valence electrons. The summed E-state index contributed by atoms with van der Waals surface area (Å²) in [6, 6.07) is 22.9. The van der Waals surface area contributed by atoms with E-state index >= 15 is 0 Å². The molecule has 2 heteroatoms. The van der Waals surface area contributed by atoms with Crippen molar-refractivity contribution in [2.24, 2.45) is 0 Å². The highest BCUT2D eigenvalue weighted by molar-refractivity contribution is 5.64. The first-order valence-electron chi connectivity index (χ1n) is 9.10. The number of hydrogen-bond acceptors (Lipinski definition) is 1. The van der Waals surface area contributed by atoms with Crippen LogP contribution in [-0.4, -0.2) is 0 Å². The molecule has 0 fully saturated rings. The average molecular weight is 353 g/mol. The van der Waals surface area contributed by atoms with Crippen LogP contribution in [0.4, 0.5) is 4.39 Å². The molecule has 0 aliphatic rings.